The second kappa shape index (κ2) is 6.84. The zero-order valence-corrected chi connectivity index (χ0v) is 13.2. The smallest absolute Gasteiger partial charge is 0.150 e. The summed E-state index contributed by atoms with van der Waals surface area (Å²) in [7, 11) is -3.00. The predicted molar refractivity (Wildman–Crippen MR) is 86.8 cm³/mol. The van der Waals surface area contributed by atoms with Crippen molar-refractivity contribution in [3.8, 4) is 17.6 Å². The molecule has 0 aliphatic rings. The fourth-order valence-electron chi connectivity index (χ4n) is 1.84. The van der Waals surface area contributed by atoms with Gasteiger partial charge in [-0.3, -0.25) is 0 Å². The monoisotopic (exact) mass is 322 g/mol. The Bertz CT molecular complexity index is 801. The highest BCUT2D eigenvalue weighted by Crippen LogP contribution is 2.22. The van der Waals surface area contributed by atoms with E-state index in [9.17, 15) is 8.42 Å². The van der Waals surface area contributed by atoms with Crippen LogP contribution < -0.4 is 4.74 Å². The van der Waals surface area contributed by atoms with Crippen molar-refractivity contribution < 1.29 is 13.2 Å². The van der Waals surface area contributed by atoms with Gasteiger partial charge in [-0.2, -0.15) is 0 Å². The van der Waals surface area contributed by atoms with Gasteiger partial charge in [0.2, 0.25) is 0 Å². The van der Waals surface area contributed by atoms with E-state index in [-0.39, 0.29) is 12.4 Å². The van der Waals surface area contributed by atoms with Crippen LogP contribution in [0.15, 0.2) is 36.4 Å². The topological polar surface area (TPSA) is 43.4 Å². The van der Waals surface area contributed by atoms with Crippen LogP contribution in [0.4, 0.5) is 0 Å². The first kappa shape index (κ1) is 15.7. The molecule has 3 nitrogen and oxygen atoms in total. The zero-order valence-electron chi connectivity index (χ0n) is 11.6. The van der Waals surface area contributed by atoms with Gasteiger partial charge in [0, 0.05) is 11.8 Å². The SMILES string of the molecule is CS(=O)(=O)CCOc1ccc2cc(C#CCCl)ccc2c1. The van der Waals surface area contributed by atoms with E-state index in [4.69, 9.17) is 16.3 Å². The second-order valence-corrected chi connectivity index (χ2v) is 7.16. The van der Waals surface area contributed by atoms with Gasteiger partial charge in [0.15, 0.2) is 9.84 Å². The highest BCUT2D eigenvalue weighted by atomic mass is 35.5. The normalized spacial score (nSPS) is 11.0. The Morgan fingerprint density at radius 3 is 2.57 bits per heavy atom. The maximum Gasteiger partial charge on any atom is 0.150 e. The van der Waals surface area contributed by atoms with Gasteiger partial charge in [-0.15, -0.1) is 11.6 Å². The molecule has 0 N–H and O–H groups in total. The maximum atomic E-state index is 11.1. The van der Waals surface area contributed by atoms with Crippen molar-refractivity contribution in [2.24, 2.45) is 0 Å². The number of rotatable bonds is 4. The molecule has 0 aromatic heterocycles. The standard InChI is InChI=1S/C16H15ClO3S/c1-21(18,19)10-9-20-16-7-6-14-11-13(3-2-8-17)4-5-15(14)12-16/h4-7,11-12H,8-10H2,1H3. The molecule has 0 bridgehead atoms. The Morgan fingerprint density at radius 2 is 1.86 bits per heavy atom. The lowest BCUT2D eigenvalue weighted by Gasteiger charge is -2.07. The van der Waals surface area contributed by atoms with Crippen LogP contribution >= 0.6 is 11.6 Å². The number of sulfone groups is 1. The van der Waals surface area contributed by atoms with E-state index in [1.165, 1.54) is 6.26 Å². The molecule has 5 heteroatoms. The van der Waals surface area contributed by atoms with Crippen LogP contribution in [0.5, 0.6) is 5.75 Å². The Labute approximate surface area is 129 Å². The fraction of sp³-hybridized carbons (Fsp3) is 0.250. The molecule has 0 spiro atoms. The van der Waals surface area contributed by atoms with E-state index in [0.29, 0.717) is 11.6 Å². The molecule has 0 atom stereocenters. The fourth-order valence-corrected chi connectivity index (χ4v) is 2.29. The van der Waals surface area contributed by atoms with Gasteiger partial charge in [-0.1, -0.05) is 24.0 Å². The molecular weight excluding hydrogens is 308 g/mol. The van der Waals surface area contributed by atoms with Crippen LogP contribution in [-0.2, 0) is 9.84 Å². The molecule has 0 saturated carbocycles. The first-order valence-corrected chi connectivity index (χ1v) is 8.96. The summed E-state index contributed by atoms with van der Waals surface area (Å²) >= 11 is 5.54. The third-order valence-corrected chi connectivity index (χ3v) is 3.88. The lowest BCUT2D eigenvalue weighted by molar-refractivity contribution is 0.341. The highest BCUT2D eigenvalue weighted by Gasteiger charge is 2.03. The van der Waals surface area contributed by atoms with Gasteiger partial charge >= 0.3 is 0 Å². The lowest BCUT2D eigenvalue weighted by Crippen LogP contribution is -2.11. The zero-order chi connectivity index (χ0) is 15.3. The average Bonchev–Trinajstić information content (AvgIpc) is 2.43. The number of hydrogen-bond donors (Lipinski definition) is 0. The molecule has 0 unspecified atom stereocenters. The van der Waals surface area contributed by atoms with Crippen LogP contribution in [0.3, 0.4) is 0 Å². The minimum absolute atomic E-state index is 0.0119. The number of benzene rings is 2. The summed E-state index contributed by atoms with van der Waals surface area (Å²) in [5.41, 5.74) is 0.911. The first-order chi connectivity index (χ1) is 9.98. The molecule has 110 valence electrons. The van der Waals surface area contributed by atoms with Crippen LogP contribution in [0.2, 0.25) is 0 Å². The van der Waals surface area contributed by atoms with Gasteiger partial charge in [0.1, 0.15) is 12.4 Å². The van der Waals surface area contributed by atoms with E-state index in [0.717, 1.165) is 16.3 Å². The van der Waals surface area contributed by atoms with Crippen LogP contribution in [-0.4, -0.2) is 32.9 Å². The molecule has 2 rings (SSSR count). The molecule has 0 saturated heterocycles. The van der Waals surface area contributed by atoms with E-state index >= 15 is 0 Å². The summed E-state index contributed by atoms with van der Waals surface area (Å²) in [6, 6.07) is 11.5. The van der Waals surface area contributed by atoms with Gasteiger partial charge in [0.05, 0.1) is 11.6 Å². The summed E-state index contributed by atoms with van der Waals surface area (Å²) in [6.07, 6.45) is 1.19. The third kappa shape index (κ3) is 4.96. The van der Waals surface area contributed by atoms with Gasteiger partial charge in [-0.25, -0.2) is 8.42 Å². The lowest BCUT2D eigenvalue weighted by atomic mass is 10.1. The Hall–Kier alpha value is -1.70. The number of halogens is 1. The van der Waals surface area contributed by atoms with Crippen molar-refractivity contribution in [2.45, 2.75) is 0 Å². The quantitative estimate of drug-likeness (QED) is 0.642. The summed E-state index contributed by atoms with van der Waals surface area (Å²) in [5, 5.41) is 2.06. The molecule has 0 radical (unpaired) electrons. The Kier molecular flexibility index (Phi) is 5.11. The van der Waals surface area contributed by atoms with E-state index in [1.807, 2.05) is 36.4 Å². The molecular formula is C16H15ClO3S. The average molecular weight is 323 g/mol. The van der Waals surface area contributed by atoms with E-state index < -0.39 is 9.84 Å². The Morgan fingerprint density at radius 1 is 1.14 bits per heavy atom. The van der Waals surface area contributed by atoms with E-state index in [1.54, 1.807) is 0 Å². The van der Waals surface area contributed by atoms with Crippen LogP contribution in [0.25, 0.3) is 10.8 Å². The Balaban J connectivity index is 2.15. The summed E-state index contributed by atoms with van der Waals surface area (Å²) in [4.78, 5) is 0. The van der Waals surface area contributed by atoms with Crippen molar-refractivity contribution in [1.82, 2.24) is 0 Å². The molecule has 2 aromatic rings. The molecule has 0 fully saturated rings. The summed E-state index contributed by atoms with van der Waals surface area (Å²) in [6.45, 7) is 0.156. The number of ether oxygens (including phenoxy) is 1. The third-order valence-electron chi connectivity index (χ3n) is 2.83. The second-order valence-electron chi connectivity index (χ2n) is 4.64. The molecule has 0 amide bonds. The molecule has 21 heavy (non-hydrogen) atoms. The van der Waals surface area contributed by atoms with Crippen LogP contribution in [0.1, 0.15) is 5.56 Å². The van der Waals surface area contributed by atoms with Gasteiger partial charge in [-0.05, 0) is 35.0 Å². The molecule has 0 heterocycles. The minimum Gasteiger partial charge on any atom is -0.493 e. The summed E-state index contributed by atoms with van der Waals surface area (Å²) in [5.74, 6) is 6.77. The van der Waals surface area contributed by atoms with Crippen molar-refractivity contribution >= 4 is 32.2 Å². The highest BCUT2D eigenvalue weighted by molar-refractivity contribution is 7.90. The van der Waals surface area contributed by atoms with Crippen molar-refractivity contribution in [3.63, 3.8) is 0 Å². The van der Waals surface area contributed by atoms with Crippen LogP contribution in [0, 0.1) is 11.8 Å². The molecule has 0 aliphatic heterocycles. The first-order valence-electron chi connectivity index (χ1n) is 6.37. The molecule has 2 aromatic carbocycles. The minimum atomic E-state index is -3.00. The van der Waals surface area contributed by atoms with Gasteiger partial charge < -0.3 is 4.74 Å². The van der Waals surface area contributed by atoms with Crippen molar-refractivity contribution in [1.29, 1.82) is 0 Å². The summed E-state index contributed by atoms with van der Waals surface area (Å²) < 4.78 is 27.6. The maximum absolute atomic E-state index is 11.1. The van der Waals surface area contributed by atoms with Gasteiger partial charge in [0.25, 0.3) is 0 Å². The molecule has 0 aliphatic carbocycles. The largest absolute Gasteiger partial charge is 0.493 e. The van der Waals surface area contributed by atoms with Crippen molar-refractivity contribution in [3.05, 3.63) is 42.0 Å². The number of alkyl halides is 1. The van der Waals surface area contributed by atoms with E-state index in [2.05, 4.69) is 11.8 Å². The number of hydrogen-bond acceptors (Lipinski definition) is 3. The predicted octanol–water partition coefficient (Wildman–Crippen LogP) is 2.85. The number of fused-ring (bicyclic) bond motifs is 1. The van der Waals surface area contributed by atoms with Crippen molar-refractivity contribution in [2.75, 3.05) is 24.5 Å².